The third kappa shape index (κ3) is 6.02. The molecule has 14 heteroatoms. The van der Waals surface area contributed by atoms with Crippen LogP contribution in [0.15, 0.2) is 42.7 Å². The summed E-state index contributed by atoms with van der Waals surface area (Å²) in [6, 6.07) is 8.14. The zero-order chi connectivity index (χ0) is 30.0. The molecule has 1 atom stereocenters. The first-order valence-corrected chi connectivity index (χ1v) is 13.6. The Balaban J connectivity index is 1.31. The lowest BCUT2D eigenvalue weighted by molar-refractivity contribution is 0.0593. The van der Waals surface area contributed by atoms with Crippen molar-refractivity contribution in [3.05, 3.63) is 64.8 Å². The highest BCUT2D eigenvalue weighted by molar-refractivity contribution is 7.21. The van der Waals surface area contributed by atoms with E-state index in [1.165, 1.54) is 56.1 Å². The van der Waals surface area contributed by atoms with E-state index >= 15 is 4.39 Å². The van der Waals surface area contributed by atoms with Crippen molar-refractivity contribution in [1.29, 1.82) is 0 Å². The number of pyridine rings is 1. The Morgan fingerprint density at radius 1 is 1.12 bits per heavy atom. The van der Waals surface area contributed by atoms with Gasteiger partial charge in [0.25, 0.3) is 0 Å². The molecule has 0 saturated heterocycles. The number of benzene rings is 2. The summed E-state index contributed by atoms with van der Waals surface area (Å²) in [4.78, 5) is 41.4. The molecule has 2 aromatic carbocycles. The third-order valence-corrected chi connectivity index (χ3v) is 7.30. The average Bonchev–Trinajstić information content (AvgIpc) is 3.41. The Bertz CT molecular complexity index is 1830. The zero-order valence-electron chi connectivity index (χ0n) is 22.7. The summed E-state index contributed by atoms with van der Waals surface area (Å²) in [5, 5.41) is 2.88. The molecule has 3 aromatic heterocycles. The summed E-state index contributed by atoms with van der Waals surface area (Å²) in [7, 11) is 2.74. The molecule has 0 fully saturated rings. The summed E-state index contributed by atoms with van der Waals surface area (Å²) >= 11 is 7.66. The molecule has 1 amide bonds. The Morgan fingerprint density at radius 2 is 1.93 bits per heavy atom. The molecule has 42 heavy (non-hydrogen) atoms. The number of aromatic nitrogens is 4. The third-order valence-electron chi connectivity index (χ3n) is 5.92. The fourth-order valence-electron chi connectivity index (χ4n) is 4.01. The van der Waals surface area contributed by atoms with Crippen molar-refractivity contribution in [1.82, 2.24) is 19.9 Å². The van der Waals surface area contributed by atoms with Crippen molar-refractivity contribution in [2.24, 2.45) is 0 Å². The second-order valence-corrected chi connectivity index (χ2v) is 10.4. The average molecular weight is 612 g/mol. The topological polar surface area (TPSA) is 135 Å². The van der Waals surface area contributed by atoms with E-state index in [9.17, 15) is 9.59 Å². The molecule has 5 aromatic rings. The molecule has 0 spiro atoms. The number of carbonyl (C=O) groups is 2. The van der Waals surface area contributed by atoms with E-state index in [1.54, 1.807) is 6.92 Å². The summed E-state index contributed by atoms with van der Waals surface area (Å²) in [6.07, 6.45) is 1.29. The van der Waals surface area contributed by atoms with Gasteiger partial charge in [0, 0.05) is 23.5 Å². The molecule has 5 rings (SSSR count). The van der Waals surface area contributed by atoms with Gasteiger partial charge in [0.2, 0.25) is 5.88 Å². The number of rotatable bonds is 8. The van der Waals surface area contributed by atoms with Crippen LogP contribution in [-0.4, -0.2) is 58.9 Å². The number of carbonyl (C=O) groups excluding carboxylic acids is 2. The summed E-state index contributed by atoms with van der Waals surface area (Å²) < 4.78 is 36.5. The van der Waals surface area contributed by atoms with Crippen LogP contribution in [0.2, 0.25) is 5.02 Å². The standard InChI is InChI=1S/C28H23ClFN5O6S/c1-13-7-16(24-17(8-13)34-21(38-3)11-32-24)26-35-25-20(42-26)10-19(23(30)22(25)29)40-12-14(2)41-28(37)33-15-5-6-31-18(9-15)27(36)39-4/h5-11,14H,12H2,1-4H3,(H,31,33,37)/t14-/m1/s1. The summed E-state index contributed by atoms with van der Waals surface area (Å²) in [5.41, 5.74) is 3.49. The molecule has 216 valence electrons. The van der Waals surface area contributed by atoms with Crippen molar-refractivity contribution in [3.63, 3.8) is 0 Å². The number of halogens is 2. The van der Waals surface area contributed by atoms with E-state index < -0.39 is 24.0 Å². The number of aryl methyl sites for hydroxylation is 1. The van der Waals surface area contributed by atoms with Crippen molar-refractivity contribution in [2.45, 2.75) is 20.0 Å². The van der Waals surface area contributed by atoms with Gasteiger partial charge in [-0.25, -0.2) is 33.9 Å². The smallest absolute Gasteiger partial charge is 0.412 e. The van der Waals surface area contributed by atoms with E-state index in [2.05, 4.69) is 30.0 Å². The number of anilines is 1. The van der Waals surface area contributed by atoms with Gasteiger partial charge in [0.1, 0.15) is 34.0 Å². The van der Waals surface area contributed by atoms with Gasteiger partial charge in [-0.2, -0.15) is 0 Å². The lowest BCUT2D eigenvalue weighted by atomic mass is 10.1. The lowest BCUT2D eigenvalue weighted by Crippen LogP contribution is -2.25. The maximum atomic E-state index is 15.2. The first-order valence-electron chi connectivity index (χ1n) is 12.4. The Hall–Kier alpha value is -4.62. The number of nitrogens with zero attached hydrogens (tertiary/aromatic N) is 4. The molecule has 3 heterocycles. The number of nitrogens with one attached hydrogen (secondary N) is 1. The summed E-state index contributed by atoms with van der Waals surface area (Å²) in [5.74, 6) is -1.17. The Kier molecular flexibility index (Phi) is 8.31. The Morgan fingerprint density at radius 3 is 2.69 bits per heavy atom. The minimum Gasteiger partial charge on any atom is -0.487 e. The fraction of sp³-hybridized carbons (Fsp3) is 0.214. The van der Waals surface area contributed by atoms with Crippen molar-refractivity contribution in [3.8, 4) is 22.2 Å². The predicted molar refractivity (Wildman–Crippen MR) is 155 cm³/mol. The molecule has 0 aliphatic rings. The molecule has 1 N–H and O–H groups in total. The van der Waals surface area contributed by atoms with E-state index in [1.807, 2.05) is 19.1 Å². The predicted octanol–water partition coefficient (Wildman–Crippen LogP) is 6.21. The molecule has 0 bridgehead atoms. The number of fused-ring (bicyclic) bond motifs is 2. The molecule has 0 aliphatic carbocycles. The number of ether oxygens (including phenoxy) is 4. The second-order valence-electron chi connectivity index (χ2n) is 9.03. The number of hydrogen-bond acceptors (Lipinski definition) is 11. The zero-order valence-corrected chi connectivity index (χ0v) is 24.3. The highest BCUT2D eigenvalue weighted by Gasteiger charge is 2.21. The molecular formula is C28H23ClFN5O6S. The van der Waals surface area contributed by atoms with E-state index in [-0.39, 0.29) is 34.3 Å². The highest BCUT2D eigenvalue weighted by atomic mass is 35.5. The first-order chi connectivity index (χ1) is 20.2. The van der Waals surface area contributed by atoms with Crippen LogP contribution >= 0.6 is 22.9 Å². The lowest BCUT2D eigenvalue weighted by Gasteiger charge is -2.15. The molecule has 0 saturated carbocycles. The van der Waals surface area contributed by atoms with Gasteiger partial charge >= 0.3 is 12.1 Å². The fourth-order valence-corrected chi connectivity index (χ4v) is 5.32. The van der Waals surface area contributed by atoms with Gasteiger partial charge in [-0.05, 0) is 43.7 Å². The van der Waals surface area contributed by atoms with Gasteiger partial charge in [-0.15, -0.1) is 11.3 Å². The van der Waals surface area contributed by atoms with E-state index in [4.69, 9.17) is 25.8 Å². The van der Waals surface area contributed by atoms with Crippen LogP contribution in [0.4, 0.5) is 14.9 Å². The first kappa shape index (κ1) is 28.9. The number of amides is 1. The molecular weight excluding hydrogens is 589 g/mol. The van der Waals surface area contributed by atoms with Crippen molar-refractivity contribution in [2.75, 3.05) is 26.1 Å². The maximum Gasteiger partial charge on any atom is 0.412 e. The monoisotopic (exact) mass is 611 g/mol. The molecule has 0 radical (unpaired) electrons. The van der Waals surface area contributed by atoms with Crippen LogP contribution in [0, 0.1) is 12.7 Å². The number of hydrogen-bond donors (Lipinski definition) is 1. The largest absolute Gasteiger partial charge is 0.487 e. The highest BCUT2D eigenvalue weighted by Crippen LogP contribution is 2.40. The SMILES string of the molecule is COC(=O)c1cc(NC(=O)O[C@H](C)COc2cc3sc(-c4cc(C)cc5nc(OC)cnc45)nc3c(Cl)c2F)ccn1. The Labute approximate surface area is 247 Å². The van der Waals surface area contributed by atoms with E-state index in [0.717, 1.165) is 11.1 Å². The molecule has 0 aliphatic heterocycles. The van der Waals surface area contributed by atoms with Crippen LogP contribution in [0.25, 0.3) is 31.8 Å². The van der Waals surface area contributed by atoms with Gasteiger partial charge in [-0.3, -0.25) is 5.32 Å². The minimum absolute atomic E-state index is 0.0180. The van der Waals surface area contributed by atoms with Crippen LogP contribution in [-0.2, 0) is 9.47 Å². The maximum absolute atomic E-state index is 15.2. The van der Waals surface area contributed by atoms with Crippen LogP contribution in [0.1, 0.15) is 23.0 Å². The van der Waals surface area contributed by atoms with Crippen LogP contribution in [0.5, 0.6) is 11.6 Å². The number of methoxy groups -OCH3 is 2. The van der Waals surface area contributed by atoms with Crippen molar-refractivity contribution < 1.29 is 32.9 Å². The van der Waals surface area contributed by atoms with Gasteiger partial charge in [-0.1, -0.05) is 11.6 Å². The van der Waals surface area contributed by atoms with E-state index in [0.29, 0.717) is 26.6 Å². The minimum atomic E-state index is -0.805. The van der Waals surface area contributed by atoms with Crippen LogP contribution in [0.3, 0.4) is 0 Å². The van der Waals surface area contributed by atoms with Gasteiger partial charge in [0.15, 0.2) is 11.6 Å². The summed E-state index contributed by atoms with van der Waals surface area (Å²) in [6.45, 7) is 3.34. The normalized spacial score (nSPS) is 11.8. The van der Waals surface area contributed by atoms with Crippen molar-refractivity contribution >= 4 is 61.9 Å². The van der Waals surface area contributed by atoms with Gasteiger partial charge in [0.05, 0.1) is 36.1 Å². The van der Waals surface area contributed by atoms with Crippen LogP contribution < -0.4 is 14.8 Å². The molecule has 0 unspecified atom stereocenters. The molecule has 11 nitrogen and oxygen atoms in total. The number of esters is 1. The quantitative estimate of drug-likeness (QED) is 0.202. The second kappa shape index (κ2) is 12.1. The number of thiazole rings is 1. The van der Waals surface area contributed by atoms with Gasteiger partial charge < -0.3 is 18.9 Å².